The van der Waals surface area contributed by atoms with Gasteiger partial charge in [-0.3, -0.25) is 9.89 Å². The van der Waals surface area contributed by atoms with E-state index in [1.165, 1.54) is 0 Å². The fourth-order valence-corrected chi connectivity index (χ4v) is 0.898. The Kier molecular flexibility index (Phi) is 3.04. The molecule has 0 aromatic carbocycles. The van der Waals surface area contributed by atoms with Crippen molar-refractivity contribution in [1.29, 1.82) is 5.26 Å². The minimum absolute atomic E-state index is 0.0434. The molecule has 6 nitrogen and oxygen atoms in total. The van der Waals surface area contributed by atoms with Gasteiger partial charge in [0.25, 0.3) is 5.91 Å². The van der Waals surface area contributed by atoms with Gasteiger partial charge in [0, 0.05) is 5.41 Å². The number of nitrogens with one attached hydrogen (secondary N) is 2. The lowest BCUT2D eigenvalue weighted by Crippen LogP contribution is -2.25. The number of rotatable bonds is 2. The molecule has 0 aliphatic carbocycles. The third-order valence-electron chi connectivity index (χ3n) is 1.73. The number of H-pyrrole nitrogens is 1. The van der Waals surface area contributed by atoms with Crippen molar-refractivity contribution in [2.24, 2.45) is 0 Å². The number of amides is 1. The van der Waals surface area contributed by atoms with Crippen molar-refractivity contribution in [2.45, 2.75) is 26.2 Å². The van der Waals surface area contributed by atoms with E-state index >= 15 is 0 Å². The summed E-state index contributed by atoms with van der Waals surface area (Å²) in [6.45, 7) is 5.84. The Balaban J connectivity index is 2.77. The maximum atomic E-state index is 11.3. The number of hydrogen-bond donors (Lipinski definition) is 2. The summed E-state index contributed by atoms with van der Waals surface area (Å²) in [5.74, 6) is 0.267. The molecule has 6 heteroatoms. The Bertz CT molecular complexity index is 395. The van der Waals surface area contributed by atoms with Crippen molar-refractivity contribution >= 4 is 5.91 Å². The van der Waals surface area contributed by atoms with Crippen molar-refractivity contribution in [1.82, 2.24) is 20.5 Å². The number of aromatic nitrogens is 3. The van der Waals surface area contributed by atoms with Gasteiger partial charge in [-0.2, -0.15) is 5.26 Å². The van der Waals surface area contributed by atoms with Crippen LogP contribution in [0.2, 0.25) is 0 Å². The van der Waals surface area contributed by atoms with Crippen LogP contribution in [0.25, 0.3) is 0 Å². The topological polar surface area (TPSA) is 94.5 Å². The molecule has 15 heavy (non-hydrogen) atoms. The molecule has 0 aliphatic heterocycles. The molecule has 0 aliphatic rings. The molecule has 0 bridgehead atoms. The number of carbonyl (C=O) groups is 1. The van der Waals surface area contributed by atoms with Crippen LogP contribution < -0.4 is 5.32 Å². The van der Waals surface area contributed by atoms with Crippen LogP contribution in [0.4, 0.5) is 0 Å². The zero-order chi connectivity index (χ0) is 11.5. The van der Waals surface area contributed by atoms with E-state index in [0.717, 1.165) is 0 Å². The molecular formula is C9H13N5O. The third kappa shape index (κ3) is 2.77. The van der Waals surface area contributed by atoms with Gasteiger partial charge in [0.1, 0.15) is 12.4 Å². The predicted molar refractivity (Wildman–Crippen MR) is 53.0 cm³/mol. The number of nitrogens with zero attached hydrogens (tertiary/aromatic N) is 3. The lowest BCUT2D eigenvalue weighted by Gasteiger charge is -2.12. The lowest BCUT2D eigenvalue weighted by molar-refractivity contribution is 0.0948. The van der Waals surface area contributed by atoms with Gasteiger partial charge in [-0.05, 0) is 0 Å². The second-order valence-corrected chi connectivity index (χ2v) is 4.10. The van der Waals surface area contributed by atoms with Crippen LogP contribution in [0.1, 0.15) is 37.2 Å². The molecule has 0 fully saturated rings. The van der Waals surface area contributed by atoms with E-state index in [9.17, 15) is 4.79 Å². The smallest absolute Gasteiger partial charge is 0.291 e. The molecular weight excluding hydrogens is 194 g/mol. The molecule has 2 N–H and O–H groups in total. The fraction of sp³-hybridized carbons (Fsp3) is 0.556. The predicted octanol–water partition coefficient (Wildman–Crippen LogP) is 0.356. The zero-order valence-corrected chi connectivity index (χ0v) is 8.96. The highest BCUT2D eigenvalue weighted by atomic mass is 16.2. The van der Waals surface area contributed by atoms with E-state index in [4.69, 9.17) is 5.26 Å². The SMILES string of the molecule is CC(C)(C)c1nc(C(=O)NCC#N)n[nH]1. The molecule has 1 aromatic heterocycles. The van der Waals surface area contributed by atoms with Crippen LogP contribution in [0.3, 0.4) is 0 Å². The van der Waals surface area contributed by atoms with Crippen molar-refractivity contribution in [3.8, 4) is 6.07 Å². The van der Waals surface area contributed by atoms with Gasteiger partial charge in [-0.1, -0.05) is 20.8 Å². The maximum Gasteiger partial charge on any atom is 0.291 e. The van der Waals surface area contributed by atoms with E-state index in [-0.39, 0.29) is 17.8 Å². The Morgan fingerprint density at radius 3 is 2.73 bits per heavy atom. The van der Waals surface area contributed by atoms with Gasteiger partial charge < -0.3 is 5.32 Å². The number of nitriles is 1. The first-order valence-electron chi connectivity index (χ1n) is 4.53. The van der Waals surface area contributed by atoms with Crippen LogP contribution in [0, 0.1) is 11.3 Å². The summed E-state index contributed by atoms with van der Waals surface area (Å²) in [7, 11) is 0. The maximum absolute atomic E-state index is 11.3. The minimum Gasteiger partial charge on any atom is -0.336 e. The molecule has 0 saturated heterocycles. The Morgan fingerprint density at radius 2 is 2.27 bits per heavy atom. The van der Waals surface area contributed by atoms with E-state index in [0.29, 0.717) is 5.82 Å². The van der Waals surface area contributed by atoms with Gasteiger partial charge in [-0.25, -0.2) is 4.98 Å². The summed E-state index contributed by atoms with van der Waals surface area (Å²) in [5.41, 5.74) is -0.180. The summed E-state index contributed by atoms with van der Waals surface area (Å²) >= 11 is 0. The van der Waals surface area contributed by atoms with Gasteiger partial charge in [-0.15, -0.1) is 5.10 Å². The lowest BCUT2D eigenvalue weighted by atomic mass is 9.96. The summed E-state index contributed by atoms with van der Waals surface area (Å²) in [4.78, 5) is 15.4. The van der Waals surface area contributed by atoms with Crippen LogP contribution in [0.5, 0.6) is 0 Å². The number of hydrogen-bond acceptors (Lipinski definition) is 4. The van der Waals surface area contributed by atoms with Gasteiger partial charge in [0.05, 0.1) is 6.07 Å². The second kappa shape index (κ2) is 4.09. The Labute approximate surface area is 87.7 Å². The Morgan fingerprint density at radius 1 is 1.60 bits per heavy atom. The standard InChI is InChI=1S/C9H13N5O/c1-9(2,3)8-12-6(13-14-8)7(15)11-5-4-10/h5H2,1-3H3,(H,11,15)(H,12,13,14). The number of carbonyl (C=O) groups excluding carboxylic acids is 1. The average molecular weight is 207 g/mol. The first-order valence-corrected chi connectivity index (χ1v) is 4.53. The number of aromatic amines is 1. The van der Waals surface area contributed by atoms with Gasteiger partial charge in [0.2, 0.25) is 5.82 Å². The van der Waals surface area contributed by atoms with Gasteiger partial charge in [0.15, 0.2) is 0 Å². The summed E-state index contributed by atoms with van der Waals surface area (Å²) in [5, 5.41) is 17.1. The van der Waals surface area contributed by atoms with Crippen molar-refractivity contribution in [3.05, 3.63) is 11.6 Å². The van der Waals surface area contributed by atoms with E-state index < -0.39 is 5.91 Å². The molecule has 1 amide bonds. The summed E-state index contributed by atoms with van der Waals surface area (Å²) in [6.07, 6.45) is 0. The van der Waals surface area contributed by atoms with Crippen LogP contribution in [-0.2, 0) is 5.41 Å². The molecule has 0 saturated carbocycles. The fourth-order valence-electron chi connectivity index (χ4n) is 0.898. The summed E-state index contributed by atoms with van der Waals surface area (Å²) < 4.78 is 0. The quantitative estimate of drug-likeness (QED) is 0.684. The van der Waals surface area contributed by atoms with Crippen LogP contribution in [-0.4, -0.2) is 27.6 Å². The monoisotopic (exact) mass is 207 g/mol. The molecule has 0 unspecified atom stereocenters. The Hall–Kier alpha value is -1.90. The first-order chi connectivity index (χ1) is 6.95. The van der Waals surface area contributed by atoms with Crippen molar-refractivity contribution < 1.29 is 4.79 Å². The molecule has 0 atom stereocenters. The van der Waals surface area contributed by atoms with E-state index in [1.54, 1.807) is 0 Å². The van der Waals surface area contributed by atoms with Gasteiger partial charge >= 0.3 is 0 Å². The van der Waals surface area contributed by atoms with Crippen LogP contribution >= 0.6 is 0 Å². The first kappa shape index (κ1) is 11.2. The van der Waals surface area contributed by atoms with E-state index in [1.807, 2.05) is 26.8 Å². The highest BCUT2D eigenvalue weighted by Crippen LogP contribution is 2.17. The molecule has 1 aromatic rings. The molecule has 0 radical (unpaired) electrons. The highest BCUT2D eigenvalue weighted by Gasteiger charge is 2.20. The average Bonchev–Trinajstić information content (AvgIpc) is 2.62. The van der Waals surface area contributed by atoms with Crippen molar-refractivity contribution in [3.63, 3.8) is 0 Å². The summed E-state index contributed by atoms with van der Waals surface area (Å²) in [6, 6.07) is 1.81. The largest absolute Gasteiger partial charge is 0.336 e. The van der Waals surface area contributed by atoms with Crippen LogP contribution in [0.15, 0.2) is 0 Å². The van der Waals surface area contributed by atoms with Crippen molar-refractivity contribution in [2.75, 3.05) is 6.54 Å². The molecule has 0 spiro atoms. The second-order valence-electron chi connectivity index (χ2n) is 4.10. The molecule has 80 valence electrons. The highest BCUT2D eigenvalue weighted by molar-refractivity contribution is 5.90. The normalized spacial score (nSPS) is 10.8. The molecule has 1 rings (SSSR count). The minimum atomic E-state index is -0.441. The van der Waals surface area contributed by atoms with E-state index in [2.05, 4.69) is 20.5 Å². The molecule has 1 heterocycles. The third-order valence-corrected chi connectivity index (χ3v) is 1.73. The zero-order valence-electron chi connectivity index (χ0n) is 8.96.